The van der Waals surface area contributed by atoms with Crippen molar-refractivity contribution >= 4 is 23.4 Å². The van der Waals surface area contributed by atoms with Crippen LogP contribution in [0.2, 0.25) is 5.15 Å². The molecule has 3 rings (SSSR count). The zero-order chi connectivity index (χ0) is 14.1. The first-order valence-corrected chi connectivity index (χ1v) is 7.55. The SMILES string of the molecule is O=c1[nH]c(SCc2c(F)ccnc2Cl)nc2c1CCC2. The molecule has 20 heavy (non-hydrogen) atoms. The Balaban J connectivity index is 1.83. The van der Waals surface area contributed by atoms with Gasteiger partial charge in [-0.25, -0.2) is 14.4 Å². The van der Waals surface area contributed by atoms with Gasteiger partial charge in [0.1, 0.15) is 11.0 Å². The van der Waals surface area contributed by atoms with Gasteiger partial charge in [-0.1, -0.05) is 23.4 Å². The number of nitrogens with one attached hydrogen (secondary N) is 1. The summed E-state index contributed by atoms with van der Waals surface area (Å²) < 4.78 is 13.6. The smallest absolute Gasteiger partial charge is 0.254 e. The van der Waals surface area contributed by atoms with E-state index in [1.807, 2.05) is 0 Å². The van der Waals surface area contributed by atoms with Gasteiger partial charge in [-0.05, 0) is 25.3 Å². The predicted octanol–water partition coefficient (Wildman–Crippen LogP) is 2.74. The van der Waals surface area contributed by atoms with Crippen LogP contribution in [0.4, 0.5) is 4.39 Å². The molecule has 1 aliphatic carbocycles. The van der Waals surface area contributed by atoms with Crippen molar-refractivity contribution in [3.05, 3.63) is 50.4 Å². The number of aromatic nitrogens is 3. The molecule has 0 spiro atoms. The number of aryl methyl sites for hydroxylation is 1. The van der Waals surface area contributed by atoms with Gasteiger partial charge < -0.3 is 4.98 Å². The van der Waals surface area contributed by atoms with Gasteiger partial charge in [0.25, 0.3) is 5.56 Å². The summed E-state index contributed by atoms with van der Waals surface area (Å²) in [4.78, 5) is 22.8. The summed E-state index contributed by atoms with van der Waals surface area (Å²) in [7, 11) is 0. The molecule has 0 saturated carbocycles. The lowest BCUT2D eigenvalue weighted by atomic mass is 10.3. The Morgan fingerprint density at radius 1 is 1.45 bits per heavy atom. The lowest BCUT2D eigenvalue weighted by molar-refractivity contribution is 0.614. The van der Waals surface area contributed by atoms with Gasteiger partial charge in [0.2, 0.25) is 0 Å². The minimum Gasteiger partial charge on any atom is -0.301 e. The summed E-state index contributed by atoms with van der Waals surface area (Å²) in [6, 6.07) is 1.26. The van der Waals surface area contributed by atoms with E-state index in [-0.39, 0.29) is 16.5 Å². The molecule has 0 saturated heterocycles. The number of halogens is 2. The highest BCUT2D eigenvalue weighted by Gasteiger charge is 2.17. The van der Waals surface area contributed by atoms with Crippen molar-refractivity contribution in [3.63, 3.8) is 0 Å². The van der Waals surface area contributed by atoms with Gasteiger partial charge in [0.05, 0.1) is 5.69 Å². The summed E-state index contributed by atoms with van der Waals surface area (Å²) in [5, 5.41) is 0.635. The Hall–Kier alpha value is -1.40. The van der Waals surface area contributed by atoms with Crippen LogP contribution in [0.15, 0.2) is 22.2 Å². The Morgan fingerprint density at radius 3 is 3.10 bits per heavy atom. The standard InChI is InChI=1S/C13H11ClFN3OS/c14-11-8(9(15)4-5-16-11)6-20-13-17-10-3-1-2-7(10)12(19)18-13/h4-5H,1-3,6H2,(H,17,18,19). The number of rotatable bonds is 3. The molecule has 0 aliphatic heterocycles. The molecule has 7 heteroatoms. The summed E-state index contributed by atoms with van der Waals surface area (Å²) in [6.07, 6.45) is 3.89. The van der Waals surface area contributed by atoms with Crippen LogP contribution in [0.25, 0.3) is 0 Å². The van der Waals surface area contributed by atoms with Crippen LogP contribution in [-0.4, -0.2) is 15.0 Å². The van der Waals surface area contributed by atoms with E-state index in [4.69, 9.17) is 11.6 Å². The van der Waals surface area contributed by atoms with Crippen LogP contribution >= 0.6 is 23.4 Å². The molecule has 2 aromatic heterocycles. The lowest BCUT2D eigenvalue weighted by Crippen LogP contribution is -2.15. The van der Waals surface area contributed by atoms with E-state index in [1.165, 1.54) is 24.0 Å². The third kappa shape index (κ3) is 2.58. The molecule has 0 aromatic carbocycles. The monoisotopic (exact) mass is 311 g/mol. The Morgan fingerprint density at radius 2 is 2.30 bits per heavy atom. The molecule has 4 nitrogen and oxygen atoms in total. The zero-order valence-electron chi connectivity index (χ0n) is 10.4. The van der Waals surface area contributed by atoms with E-state index < -0.39 is 5.82 Å². The molecule has 104 valence electrons. The predicted molar refractivity (Wildman–Crippen MR) is 75.6 cm³/mol. The average Bonchev–Trinajstić information content (AvgIpc) is 2.87. The largest absolute Gasteiger partial charge is 0.301 e. The highest BCUT2D eigenvalue weighted by Crippen LogP contribution is 2.26. The molecule has 0 bridgehead atoms. The van der Waals surface area contributed by atoms with Crippen molar-refractivity contribution in [1.82, 2.24) is 15.0 Å². The second-order valence-electron chi connectivity index (χ2n) is 4.50. The van der Waals surface area contributed by atoms with Crippen molar-refractivity contribution in [2.45, 2.75) is 30.2 Å². The summed E-state index contributed by atoms with van der Waals surface area (Å²) in [6.45, 7) is 0. The highest BCUT2D eigenvalue weighted by atomic mass is 35.5. The molecule has 0 radical (unpaired) electrons. The van der Waals surface area contributed by atoms with Crippen LogP contribution < -0.4 is 5.56 Å². The number of hydrogen-bond donors (Lipinski definition) is 1. The number of hydrogen-bond acceptors (Lipinski definition) is 4. The van der Waals surface area contributed by atoms with E-state index in [9.17, 15) is 9.18 Å². The van der Waals surface area contributed by atoms with Crippen molar-refractivity contribution in [1.29, 1.82) is 0 Å². The fraction of sp³-hybridized carbons (Fsp3) is 0.308. The molecule has 0 atom stereocenters. The van der Waals surface area contributed by atoms with E-state index in [2.05, 4.69) is 15.0 Å². The van der Waals surface area contributed by atoms with Crippen molar-refractivity contribution in [2.24, 2.45) is 0 Å². The molecule has 0 fully saturated rings. The minimum atomic E-state index is -0.402. The zero-order valence-corrected chi connectivity index (χ0v) is 12.0. The van der Waals surface area contributed by atoms with Crippen LogP contribution in [0.5, 0.6) is 0 Å². The molecular weight excluding hydrogens is 301 g/mol. The molecule has 1 aliphatic rings. The minimum absolute atomic E-state index is 0.0900. The second-order valence-corrected chi connectivity index (χ2v) is 5.82. The van der Waals surface area contributed by atoms with Gasteiger partial charge in [-0.15, -0.1) is 0 Å². The first-order chi connectivity index (χ1) is 9.65. The topological polar surface area (TPSA) is 58.6 Å². The van der Waals surface area contributed by atoms with Gasteiger partial charge in [0, 0.05) is 23.1 Å². The number of H-pyrrole nitrogens is 1. The molecule has 0 unspecified atom stereocenters. The van der Waals surface area contributed by atoms with Crippen molar-refractivity contribution in [2.75, 3.05) is 0 Å². The normalized spacial score (nSPS) is 13.5. The van der Waals surface area contributed by atoms with Crippen LogP contribution in [0.3, 0.4) is 0 Å². The average molecular weight is 312 g/mol. The van der Waals surface area contributed by atoms with Gasteiger partial charge >= 0.3 is 0 Å². The first-order valence-electron chi connectivity index (χ1n) is 6.19. The summed E-state index contributed by atoms with van der Waals surface area (Å²) in [5.41, 5.74) is 1.86. The fourth-order valence-corrected chi connectivity index (χ4v) is 3.39. The van der Waals surface area contributed by atoms with Crippen molar-refractivity contribution < 1.29 is 4.39 Å². The maximum atomic E-state index is 13.6. The number of nitrogens with zero attached hydrogens (tertiary/aromatic N) is 2. The third-order valence-electron chi connectivity index (χ3n) is 3.22. The van der Waals surface area contributed by atoms with Gasteiger partial charge in [-0.2, -0.15) is 0 Å². The molecule has 0 amide bonds. The molecule has 2 heterocycles. The maximum Gasteiger partial charge on any atom is 0.254 e. The van der Waals surface area contributed by atoms with E-state index in [0.717, 1.165) is 30.5 Å². The van der Waals surface area contributed by atoms with Gasteiger partial charge in [0.15, 0.2) is 5.16 Å². The molecular formula is C13H11ClFN3OS. The van der Waals surface area contributed by atoms with E-state index in [1.54, 1.807) is 0 Å². The van der Waals surface area contributed by atoms with Gasteiger partial charge in [-0.3, -0.25) is 4.79 Å². The maximum absolute atomic E-state index is 13.6. The number of aromatic amines is 1. The summed E-state index contributed by atoms with van der Waals surface area (Å²) in [5.74, 6) is -0.124. The Labute approximate surface area is 123 Å². The molecule has 1 N–H and O–H groups in total. The Bertz CT molecular complexity index is 699. The van der Waals surface area contributed by atoms with Crippen LogP contribution in [0.1, 0.15) is 23.2 Å². The Kier molecular flexibility index (Phi) is 3.76. The lowest BCUT2D eigenvalue weighted by Gasteiger charge is -2.05. The van der Waals surface area contributed by atoms with Crippen LogP contribution in [-0.2, 0) is 18.6 Å². The van der Waals surface area contributed by atoms with E-state index >= 15 is 0 Å². The quantitative estimate of drug-likeness (QED) is 0.538. The number of fused-ring (bicyclic) bond motifs is 1. The number of pyridine rings is 1. The van der Waals surface area contributed by atoms with Crippen molar-refractivity contribution in [3.8, 4) is 0 Å². The fourth-order valence-electron chi connectivity index (χ4n) is 2.20. The van der Waals surface area contributed by atoms with E-state index in [0.29, 0.717) is 10.7 Å². The number of thioether (sulfide) groups is 1. The van der Waals surface area contributed by atoms with Crippen LogP contribution in [0, 0.1) is 5.82 Å². The second kappa shape index (κ2) is 5.54. The highest BCUT2D eigenvalue weighted by molar-refractivity contribution is 7.98. The summed E-state index contributed by atoms with van der Waals surface area (Å²) >= 11 is 7.11. The molecule has 2 aromatic rings. The first kappa shape index (κ1) is 13.6. The third-order valence-corrected chi connectivity index (χ3v) is 4.44.